The molecule has 2 atom stereocenters. The molecule has 0 spiro atoms. The number of aromatic nitrogens is 2. The number of hydrogen-bond donors (Lipinski definition) is 0. The van der Waals surface area contributed by atoms with Crippen LogP contribution in [0.1, 0.15) is 71.4 Å². The van der Waals surface area contributed by atoms with Crippen LogP contribution in [0.3, 0.4) is 0 Å². The summed E-state index contributed by atoms with van der Waals surface area (Å²) in [4.78, 5) is 14.3. The van der Waals surface area contributed by atoms with Crippen molar-refractivity contribution < 1.29 is 27.8 Å². The summed E-state index contributed by atoms with van der Waals surface area (Å²) in [5, 5.41) is 0. The summed E-state index contributed by atoms with van der Waals surface area (Å²) in [5.41, 5.74) is 8.99. The van der Waals surface area contributed by atoms with Gasteiger partial charge in [-0.3, -0.25) is 9.80 Å². The molecule has 10 heteroatoms. The number of aryl methyl sites for hydroxylation is 2. The van der Waals surface area contributed by atoms with Gasteiger partial charge in [0.15, 0.2) is 23.0 Å². The van der Waals surface area contributed by atoms with Gasteiger partial charge in [-0.25, -0.2) is 9.97 Å². The van der Waals surface area contributed by atoms with E-state index in [0.717, 1.165) is 84.5 Å². The van der Waals surface area contributed by atoms with Gasteiger partial charge in [0.1, 0.15) is 12.5 Å². The van der Waals surface area contributed by atoms with Gasteiger partial charge >= 0.3 is 0 Å². The number of ether oxygens (including phenoxy) is 4. The van der Waals surface area contributed by atoms with Crippen LogP contribution in [-0.2, 0) is 13.1 Å². The summed E-state index contributed by atoms with van der Waals surface area (Å²) < 4.78 is 33.4. The lowest BCUT2D eigenvalue weighted by atomic mass is 10.0. The Balaban J connectivity index is 0.000000142. The van der Waals surface area contributed by atoms with Crippen LogP contribution < -0.4 is 18.9 Å². The van der Waals surface area contributed by atoms with Crippen molar-refractivity contribution in [1.82, 2.24) is 19.8 Å². The van der Waals surface area contributed by atoms with Crippen LogP contribution in [-0.4, -0.2) is 46.4 Å². The fraction of sp³-hybridized carbons (Fsp3) is 0.318. The Morgan fingerprint density at radius 3 is 1.41 bits per heavy atom. The number of likely N-dealkylation sites (tertiary alicyclic amines) is 2. The number of hydrogen-bond acceptors (Lipinski definition) is 10. The number of oxazole rings is 2. The lowest BCUT2D eigenvalue weighted by Gasteiger charge is -2.24. The van der Waals surface area contributed by atoms with E-state index in [0.29, 0.717) is 37.5 Å². The summed E-state index contributed by atoms with van der Waals surface area (Å²) in [6.45, 7) is 8.48. The van der Waals surface area contributed by atoms with Crippen LogP contribution in [0.5, 0.6) is 23.0 Å². The van der Waals surface area contributed by atoms with Crippen LogP contribution in [0.2, 0.25) is 0 Å². The van der Waals surface area contributed by atoms with Gasteiger partial charge in [0.25, 0.3) is 0 Å². The lowest BCUT2D eigenvalue weighted by Crippen LogP contribution is -2.22. The minimum Gasteiger partial charge on any atom is -0.454 e. The van der Waals surface area contributed by atoms with Gasteiger partial charge in [-0.2, -0.15) is 0 Å². The molecule has 6 aromatic rings. The highest BCUT2D eigenvalue weighted by Gasteiger charge is 2.30. The maximum absolute atomic E-state index is 5.73. The predicted octanol–water partition coefficient (Wildman–Crippen LogP) is 9.43. The van der Waals surface area contributed by atoms with E-state index in [-0.39, 0.29) is 0 Å². The Bertz CT molecular complexity index is 2050. The van der Waals surface area contributed by atoms with Gasteiger partial charge in [-0.05, 0) is 112 Å². The molecule has 10 nitrogen and oxygen atoms in total. The summed E-state index contributed by atoms with van der Waals surface area (Å²) in [6.07, 6.45) is 8.21. The maximum atomic E-state index is 5.73. The smallest absolute Gasteiger partial charge is 0.231 e. The van der Waals surface area contributed by atoms with Gasteiger partial charge < -0.3 is 27.8 Å². The molecule has 0 unspecified atom stereocenters. The zero-order valence-electron chi connectivity index (χ0n) is 30.7. The number of nitrogens with zero attached hydrogens (tertiary/aromatic N) is 4. The first-order valence-electron chi connectivity index (χ1n) is 18.8. The zero-order chi connectivity index (χ0) is 36.4. The molecule has 54 heavy (non-hydrogen) atoms. The van der Waals surface area contributed by atoms with Crippen molar-refractivity contribution in [1.29, 1.82) is 0 Å². The predicted molar refractivity (Wildman–Crippen MR) is 203 cm³/mol. The molecule has 0 bridgehead atoms. The Hall–Kier alpha value is -5.58. The minimum absolute atomic E-state index is 0.313. The molecule has 0 aliphatic carbocycles. The van der Waals surface area contributed by atoms with E-state index in [9.17, 15) is 0 Å². The second kappa shape index (κ2) is 15.0. The third-order valence-electron chi connectivity index (χ3n) is 10.7. The molecule has 0 radical (unpaired) electrons. The van der Waals surface area contributed by atoms with Gasteiger partial charge in [-0.1, -0.05) is 47.5 Å². The summed E-state index contributed by atoms with van der Waals surface area (Å²) in [6, 6.07) is 29.8. The van der Waals surface area contributed by atoms with E-state index in [1.807, 2.05) is 12.1 Å². The molecule has 0 N–H and O–H groups in total. The quantitative estimate of drug-likeness (QED) is 0.151. The Morgan fingerprint density at radius 1 is 0.537 bits per heavy atom. The second-order valence-electron chi connectivity index (χ2n) is 14.5. The molecule has 4 aliphatic heterocycles. The van der Waals surface area contributed by atoms with E-state index in [1.54, 1.807) is 12.5 Å². The molecule has 10 rings (SSSR count). The van der Waals surface area contributed by atoms with Crippen LogP contribution in [0, 0.1) is 13.8 Å². The van der Waals surface area contributed by atoms with E-state index in [2.05, 4.69) is 96.4 Å². The van der Waals surface area contributed by atoms with Crippen molar-refractivity contribution in [2.45, 2.75) is 64.7 Å². The van der Waals surface area contributed by atoms with Crippen molar-refractivity contribution >= 4 is 0 Å². The largest absolute Gasteiger partial charge is 0.454 e. The topological polar surface area (TPSA) is 95.5 Å². The van der Waals surface area contributed by atoms with Gasteiger partial charge in [0.05, 0.1) is 11.4 Å². The van der Waals surface area contributed by atoms with Crippen LogP contribution in [0.25, 0.3) is 22.9 Å². The third kappa shape index (κ3) is 7.31. The van der Waals surface area contributed by atoms with Gasteiger partial charge in [0.2, 0.25) is 25.4 Å². The van der Waals surface area contributed by atoms with E-state index in [1.165, 1.54) is 35.1 Å². The average molecular weight is 725 g/mol. The first kappa shape index (κ1) is 34.2. The van der Waals surface area contributed by atoms with Crippen molar-refractivity contribution in [3.05, 3.63) is 131 Å². The molecule has 2 aromatic heterocycles. The van der Waals surface area contributed by atoms with Crippen LogP contribution >= 0.6 is 0 Å². The normalized spacial score (nSPS) is 18.9. The molecule has 6 heterocycles. The summed E-state index contributed by atoms with van der Waals surface area (Å²) in [7, 11) is 0. The zero-order valence-corrected chi connectivity index (χ0v) is 30.7. The molecule has 2 fully saturated rings. The van der Waals surface area contributed by atoms with Crippen molar-refractivity contribution in [2.24, 2.45) is 0 Å². The molecule has 0 amide bonds. The Labute approximate surface area is 315 Å². The number of fused-ring (bicyclic) bond motifs is 2. The Morgan fingerprint density at radius 2 is 0.963 bits per heavy atom. The molecular weight excluding hydrogens is 681 g/mol. The van der Waals surface area contributed by atoms with Gasteiger partial charge in [0, 0.05) is 36.3 Å². The lowest BCUT2D eigenvalue weighted by molar-refractivity contribution is 0.173. The highest BCUT2D eigenvalue weighted by atomic mass is 16.7. The summed E-state index contributed by atoms with van der Waals surface area (Å²) >= 11 is 0. The average Bonchev–Trinajstić information content (AvgIpc) is 4.05. The maximum Gasteiger partial charge on any atom is 0.231 e. The first-order valence-corrected chi connectivity index (χ1v) is 18.8. The highest BCUT2D eigenvalue weighted by Crippen LogP contribution is 2.41. The van der Waals surface area contributed by atoms with E-state index in [4.69, 9.17) is 37.7 Å². The minimum atomic E-state index is 0.313. The molecule has 4 aromatic carbocycles. The second-order valence-corrected chi connectivity index (χ2v) is 14.5. The SMILES string of the molecule is Cc1ccc(-c2nc(CN3CCC[C@@H]3c3ccc4c(c3)OCO4)co2)cc1.Cc1ccc(-c2nc(CN3CCC[C@H]3c3ccc4c(c3)OCO4)co2)cc1. The third-order valence-corrected chi connectivity index (χ3v) is 10.7. The van der Waals surface area contributed by atoms with E-state index < -0.39 is 0 Å². The highest BCUT2D eigenvalue weighted by molar-refractivity contribution is 5.54. The molecule has 2 saturated heterocycles. The standard InChI is InChI=1S/2C22H22N2O3/c2*1-15-4-6-16(7-5-15)22-23-18(13-25-22)12-24-10-2-3-19(24)17-8-9-20-21(11-17)27-14-26-20/h2*4-9,11,13,19H,2-3,10,12,14H2,1H3/t2*19-/m10/s1. The van der Waals surface area contributed by atoms with Crippen LogP contribution in [0.4, 0.5) is 0 Å². The fourth-order valence-corrected chi connectivity index (χ4v) is 7.86. The molecule has 276 valence electrons. The molecule has 0 saturated carbocycles. The fourth-order valence-electron chi connectivity index (χ4n) is 7.86. The monoisotopic (exact) mass is 724 g/mol. The van der Waals surface area contributed by atoms with Crippen molar-refractivity contribution in [3.63, 3.8) is 0 Å². The summed E-state index contributed by atoms with van der Waals surface area (Å²) in [5.74, 6) is 4.74. The first-order chi connectivity index (χ1) is 26.5. The van der Waals surface area contributed by atoms with E-state index >= 15 is 0 Å². The number of benzene rings is 4. The number of rotatable bonds is 8. The van der Waals surface area contributed by atoms with Gasteiger partial charge in [-0.15, -0.1) is 0 Å². The molecule has 4 aliphatic rings. The van der Waals surface area contributed by atoms with Crippen LogP contribution in [0.15, 0.2) is 106 Å². The van der Waals surface area contributed by atoms with Crippen molar-refractivity contribution in [3.8, 4) is 45.9 Å². The molecular formula is C44H44N4O6. The Kier molecular flexibility index (Phi) is 9.53. The van der Waals surface area contributed by atoms with Crippen molar-refractivity contribution in [2.75, 3.05) is 26.7 Å².